The number of hydrogen-bond donors (Lipinski definition) is 1. The van der Waals surface area contributed by atoms with Crippen LogP contribution in [-0.2, 0) is 0 Å². The number of aliphatic hydroxyl groups excluding tert-OH is 1. The van der Waals surface area contributed by atoms with Gasteiger partial charge < -0.3 is 10.0 Å². The lowest BCUT2D eigenvalue weighted by atomic mass is 9.95. The number of hydrogen-bond acceptors (Lipinski definition) is 4. The maximum Gasteiger partial charge on any atom is 0.101 e. The summed E-state index contributed by atoms with van der Waals surface area (Å²) < 4.78 is 0. The van der Waals surface area contributed by atoms with Gasteiger partial charge >= 0.3 is 0 Å². The molecule has 0 spiro atoms. The molecule has 4 nitrogen and oxygen atoms in total. The van der Waals surface area contributed by atoms with Crippen molar-refractivity contribution in [3.05, 3.63) is 36.0 Å². The second-order valence-corrected chi connectivity index (χ2v) is 5.66. The number of pyridine rings is 1. The quantitative estimate of drug-likeness (QED) is 0.939. The van der Waals surface area contributed by atoms with E-state index in [0.717, 1.165) is 36.1 Å². The molecule has 0 radical (unpaired) electrons. The number of rotatable bonds is 3. The molecule has 1 N–H and O–H groups in total. The lowest BCUT2D eigenvalue weighted by molar-refractivity contribution is 0.204. The Bertz CT molecular complexity index is 680. The van der Waals surface area contributed by atoms with Crippen LogP contribution in [-0.4, -0.2) is 29.8 Å². The maximum absolute atomic E-state index is 9.55. The van der Waals surface area contributed by atoms with E-state index in [9.17, 15) is 10.4 Å². The fraction of sp³-hybridized carbons (Fsp3) is 0.412. The maximum atomic E-state index is 9.55. The largest absolute Gasteiger partial charge is 0.396 e. The van der Waals surface area contributed by atoms with E-state index in [1.165, 1.54) is 0 Å². The molecule has 1 saturated heterocycles. The van der Waals surface area contributed by atoms with Crippen LogP contribution in [0.3, 0.4) is 0 Å². The molecular formula is C17H19N3O. The molecule has 2 atom stereocenters. The average Bonchev–Trinajstić information content (AvgIpc) is 2.97. The van der Waals surface area contributed by atoms with Crippen molar-refractivity contribution in [3.63, 3.8) is 0 Å². The van der Waals surface area contributed by atoms with Crippen molar-refractivity contribution in [2.24, 2.45) is 11.8 Å². The molecule has 0 saturated carbocycles. The van der Waals surface area contributed by atoms with Gasteiger partial charge in [-0.15, -0.1) is 0 Å². The summed E-state index contributed by atoms with van der Waals surface area (Å²) in [5, 5.41) is 19.8. The van der Waals surface area contributed by atoms with Crippen LogP contribution in [0.4, 0.5) is 5.69 Å². The Hall–Kier alpha value is -2.12. The van der Waals surface area contributed by atoms with Crippen LogP contribution in [0.5, 0.6) is 0 Å². The molecule has 1 fully saturated rings. The first-order valence-corrected chi connectivity index (χ1v) is 7.42. The van der Waals surface area contributed by atoms with Gasteiger partial charge in [0.2, 0.25) is 0 Å². The first kappa shape index (κ1) is 13.8. The van der Waals surface area contributed by atoms with E-state index >= 15 is 0 Å². The molecule has 1 aromatic carbocycles. The zero-order chi connectivity index (χ0) is 14.8. The third kappa shape index (κ3) is 2.34. The monoisotopic (exact) mass is 281 g/mol. The third-order valence-corrected chi connectivity index (χ3v) is 4.54. The van der Waals surface area contributed by atoms with E-state index in [2.05, 4.69) is 22.9 Å². The molecule has 1 aromatic heterocycles. The molecule has 0 amide bonds. The summed E-state index contributed by atoms with van der Waals surface area (Å²) in [6.45, 7) is 4.24. The Morgan fingerprint density at radius 3 is 2.81 bits per heavy atom. The van der Waals surface area contributed by atoms with Crippen molar-refractivity contribution in [2.75, 3.05) is 24.6 Å². The summed E-state index contributed by atoms with van der Waals surface area (Å²) >= 11 is 0. The number of aliphatic hydroxyl groups is 1. The fourth-order valence-electron chi connectivity index (χ4n) is 3.33. The minimum atomic E-state index is 0.238. The minimum absolute atomic E-state index is 0.238. The predicted molar refractivity (Wildman–Crippen MR) is 83.0 cm³/mol. The van der Waals surface area contributed by atoms with Crippen molar-refractivity contribution in [3.8, 4) is 6.07 Å². The fourth-order valence-corrected chi connectivity index (χ4v) is 3.33. The second kappa shape index (κ2) is 5.71. The topological polar surface area (TPSA) is 60.2 Å². The number of nitrogens with zero attached hydrogens (tertiary/aromatic N) is 3. The van der Waals surface area contributed by atoms with Crippen LogP contribution in [0.2, 0.25) is 0 Å². The zero-order valence-corrected chi connectivity index (χ0v) is 12.2. The smallest absolute Gasteiger partial charge is 0.101 e. The van der Waals surface area contributed by atoms with Crippen LogP contribution < -0.4 is 4.90 Å². The Labute approximate surface area is 124 Å². The standard InChI is InChI=1S/C17H19N3O/c1-2-12-9-20(10-14(12)11-21)16-6-5-13(8-18)17-15(16)4-3-7-19-17/h3-7,12,14,21H,2,9-11H2,1H3/t12-,14+/m1/s1. The van der Waals surface area contributed by atoms with Crippen LogP contribution in [0.15, 0.2) is 30.5 Å². The Kier molecular flexibility index (Phi) is 3.76. The van der Waals surface area contributed by atoms with Crippen molar-refractivity contribution in [2.45, 2.75) is 13.3 Å². The first-order valence-electron chi connectivity index (χ1n) is 7.42. The molecule has 2 aromatic rings. The number of anilines is 1. The Balaban J connectivity index is 2.05. The van der Waals surface area contributed by atoms with Crippen LogP contribution in [0, 0.1) is 23.2 Å². The highest BCUT2D eigenvalue weighted by Gasteiger charge is 2.31. The van der Waals surface area contributed by atoms with Crippen LogP contribution >= 0.6 is 0 Å². The summed E-state index contributed by atoms with van der Waals surface area (Å²) in [7, 11) is 0. The third-order valence-electron chi connectivity index (χ3n) is 4.54. The number of benzene rings is 1. The predicted octanol–water partition coefficient (Wildman–Crippen LogP) is 2.56. The molecule has 3 rings (SSSR count). The highest BCUT2D eigenvalue weighted by atomic mass is 16.3. The van der Waals surface area contributed by atoms with Gasteiger partial charge in [0, 0.05) is 42.9 Å². The molecule has 2 heterocycles. The minimum Gasteiger partial charge on any atom is -0.396 e. The SMILES string of the molecule is CC[C@@H]1CN(c2ccc(C#N)c3ncccc23)C[C@H]1CO. The van der Waals surface area contributed by atoms with E-state index < -0.39 is 0 Å². The Morgan fingerprint density at radius 1 is 1.33 bits per heavy atom. The van der Waals surface area contributed by atoms with E-state index in [4.69, 9.17) is 0 Å². The van der Waals surface area contributed by atoms with Gasteiger partial charge in [0.25, 0.3) is 0 Å². The van der Waals surface area contributed by atoms with Crippen LogP contribution in [0.1, 0.15) is 18.9 Å². The summed E-state index contributed by atoms with van der Waals surface area (Å²) in [5.74, 6) is 0.856. The average molecular weight is 281 g/mol. The molecule has 108 valence electrons. The van der Waals surface area contributed by atoms with E-state index in [0.29, 0.717) is 17.4 Å². The summed E-state index contributed by atoms with van der Waals surface area (Å²) in [6.07, 6.45) is 2.80. The highest BCUT2D eigenvalue weighted by Crippen LogP contribution is 2.34. The van der Waals surface area contributed by atoms with Crippen molar-refractivity contribution < 1.29 is 5.11 Å². The van der Waals surface area contributed by atoms with E-state index in [1.807, 2.05) is 24.3 Å². The van der Waals surface area contributed by atoms with Gasteiger partial charge in [-0.25, -0.2) is 0 Å². The van der Waals surface area contributed by atoms with E-state index in [-0.39, 0.29) is 6.61 Å². The molecule has 21 heavy (non-hydrogen) atoms. The molecule has 4 heteroatoms. The van der Waals surface area contributed by atoms with Gasteiger partial charge in [-0.05, 0) is 30.2 Å². The zero-order valence-electron chi connectivity index (χ0n) is 12.2. The van der Waals surface area contributed by atoms with Gasteiger partial charge in [0.15, 0.2) is 0 Å². The van der Waals surface area contributed by atoms with Crippen molar-refractivity contribution in [1.82, 2.24) is 4.98 Å². The van der Waals surface area contributed by atoms with Crippen molar-refractivity contribution in [1.29, 1.82) is 5.26 Å². The second-order valence-electron chi connectivity index (χ2n) is 5.66. The summed E-state index contributed by atoms with van der Waals surface area (Å²) in [6, 6.07) is 9.99. The Morgan fingerprint density at radius 2 is 2.14 bits per heavy atom. The number of aromatic nitrogens is 1. The van der Waals surface area contributed by atoms with Crippen molar-refractivity contribution >= 4 is 16.6 Å². The number of fused-ring (bicyclic) bond motifs is 1. The molecule has 1 aliphatic rings. The summed E-state index contributed by atoms with van der Waals surface area (Å²) in [4.78, 5) is 6.68. The first-order chi connectivity index (χ1) is 10.3. The molecular weight excluding hydrogens is 262 g/mol. The summed E-state index contributed by atoms with van der Waals surface area (Å²) in [5.41, 5.74) is 2.49. The molecule has 0 unspecified atom stereocenters. The number of nitriles is 1. The van der Waals surface area contributed by atoms with Crippen LogP contribution in [0.25, 0.3) is 10.9 Å². The van der Waals surface area contributed by atoms with Gasteiger partial charge in [-0.2, -0.15) is 5.26 Å². The normalized spacial score (nSPS) is 21.7. The van der Waals surface area contributed by atoms with Gasteiger partial charge in [0.1, 0.15) is 6.07 Å². The highest BCUT2D eigenvalue weighted by molar-refractivity contribution is 5.95. The molecule has 1 aliphatic heterocycles. The van der Waals surface area contributed by atoms with Gasteiger partial charge in [-0.3, -0.25) is 4.98 Å². The molecule has 0 bridgehead atoms. The van der Waals surface area contributed by atoms with Gasteiger partial charge in [0.05, 0.1) is 11.1 Å². The molecule has 0 aliphatic carbocycles. The lowest BCUT2D eigenvalue weighted by Crippen LogP contribution is -2.21. The lowest BCUT2D eigenvalue weighted by Gasteiger charge is -2.21. The van der Waals surface area contributed by atoms with E-state index in [1.54, 1.807) is 6.20 Å². The van der Waals surface area contributed by atoms with Gasteiger partial charge in [-0.1, -0.05) is 13.3 Å².